The van der Waals surface area contributed by atoms with Crippen LogP contribution in [0.15, 0.2) is 42.5 Å². The maximum Gasteiger partial charge on any atom is 0.251 e. The highest BCUT2D eigenvalue weighted by atomic mass is 16.1. The van der Waals surface area contributed by atoms with E-state index in [9.17, 15) is 4.79 Å². The Kier molecular flexibility index (Phi) is 3.85. The zero-order valence-corrected chi connectivity index (χ0v) is 11.2. The first-order chi connectivity index (χ1) is 9.08. The fraction of sp³-hybridized carbons (Fsp3) is 0.188. The molecule has 0 aromatic heterocycles. The van der Waals surface area contributed by atoms with Crippen LogP contribution >= 0.6 is 0 Å². The van der Waals surface area contributed by atoms with Crippen LogP contribution in [0.5, 0.6) is 0 Å². The van der Waals surface area contributed by atoms with E-state index in [1.54, 1.807) is 12.1 Å². The largest absolute Gasteiger partial charge is 0.399 e. The fourth-order valence-electron chi connectivity index (χ4n) is 2.02. The molecule has 0 aliphatic carbocycles. The van der Waals surface area contributed by atoms with Crippen molar-refractivity contribution in [2.24, 2.45) is 0 Å². The lowest BCUT2D eigenvalue weighted by Crippen LogP contribution is -2.24. The number of amides is 1. The van der Waals surface area contributed by atoms with E-state index in [1.165, 1.54) is 5.56 Å². The van der Waals surface area contributed by atoms with E-state index in [0.717, 1.165) is 11.1 Å². The first-order valence-electron chi connectivity index (χ1n) is 6.27. The summed E-state index contributed by atoms with van der Waals surface area (Å²) in [4.78, 5) is 12.1. The van der Waals surface area contributed by atoms with Crippen molar-refractivity contribution in [3.8, 4) is 0 Å². The molecule has 98 valence electrons. The van der Waals surface area contributed by atoms with Crippen molar-refractivity contribution in [3.63, 3.8) is 0 Å². The van der Waals surface area contributed by atoms with Gasteiger partial charge in [-0.2, -0.15) is 0 Å². The lowest BCUT2D eigenvalue weighted by Gasteiger charge is -2.10. The molecule has 1 amide bonds. The van der Waals surface area contributed by atoms with Crippen molar-refractivity contribution in [3.05, 3.63) is 64.7 Å². The molecule has 3 heteroatoms. The van der Waals surface area contributed by atoms with Gasteiger partial charge in [-0.15, -0.1) is 0 Å². The summed E-state index contributed by atoms with van der Waals surface area (Å²) < 4.78 is 0. The number of nitrogens with one attached hydrogen (secondary N) is 1. The number of rotatable bonds is 3. The zero-order chi connectivity index (χ0) is 13.8. The minimum Gasteiger partial charge on any atom is -0.399 e. The highest BCUT2D eigenvalue weighted by molar-refractivity contribution is 5.95. The summed E-state index contributed by atoms with van der Waals surface area (Å²) in [7, 11) is 0. The van der Waals surface area contributed by atoms with Crippen LogP contribution in [0.4, 0.5) is 5.69 Å². The number of carbonyl (C=O) groups is 1. The van der Waals surface area contributed by atoms with E-state index in [4.69, 9.17) is 5.73 Å². The smallest absolute Gasteiger partial charge is 0.251 e. The van der Waals surface area contributed by atoms with E-state index < -0.39 is 0 Å². The zero-order valence-electron chi connectivity index (χ0n) is 11.2. The summed E-state index contributed by atoms with van der Waals surface area (Å²) in [6.07, 6.45) is 0. The minimum absolute atomic E-state index is 0.0687. The number of aryl methyl sites for hydroxylation is 2. The second-order valence-electron chi connectivity index (χ2n) is 4.68. The molecule has 19 heavy (non-hydrogen) atoms. The van der Waals surface area contributed by atoms with Gasteiger partial charge in [0.2, 0.25) is 0 Å². The van der Waals surface area contributed by atoms with Gasteiger partial charge in [0, 0.05) is 17.8 Å². The van der Waals surface area contributed by atoms with Crippen LogP contribution in [-0.4, -0.2) is 5.91 Å². The summed E-state index contributed by atoms with van der Waals surface area (Å²) in [5, 5.41) is 2.94. The molecular weight excluding hydrogens is 236 g/mol. The molecule has 0 radical (unpaired) electrons. The van der Waals surface area contributed by atoms with Crippen LogP contribution in [0.2, 0.25) is 0 Å². The van der Waals surface area contributed by atoms with Gasteiger partial charge in [0.25, 0.3) is 5.91 Å². The second kappa shape index (κ2) is 5.57. The Morgan fingerprint density at radius 1 is 1.11 bits per heavy atom. The van der Waals surface area contributed by atoms with Gasteiger partial charge < -0.3 is 11.1 Å². The quantitative estimate of drug-likeness (QED) is 0.827. The van der Waals surface area contributed by atoms with E-state index in [0.29, 0.717) is 17.8 Å². The van der Waals surface area contributed by atoms with Crippen LogP contribution in [-0.2, 0) is 6.54 Å². The molecule has 0 saturated carbocycles. The Hall–Kier alpha value is -2.29. The maximum atomic E-state index is 12.1. The Balaban J connectivity index is 2.08. The Labute approximate surface area is 113 Å². The lowest BCUT2D eigenvalue weighted by molar-refractivity contribution is 0.0950. The molecule has 0 aliphatic heterocycles. The molecule has 0 saturated heterocycles. The number of hydrogen-bond acceptors (Lipinski definition) is 2. The normalized spacial score (nSPS) is 10.2. The Bertz CT molecular complexity index is 605. The molecule has 3 N–H and O–H groups in total. The predicted octanol–water partition coefficient (Wildman–Crippen LogP) is 2.82. The molecule has 0 atom stereocenters. The van der Waals surface area contributed by atoms with Crippen molar-refractivity contribution in [1.29, 1.82) is 0 Å². The maximum absolute atomic E-state index is 12.1. The Morgan fingerprint density at radius 2 is 1.84 bits per heavy atom. The van der Waals surface area contributed by atoms with Gasteiger partial charge in [0.05, 0.1) is 0 Å². The number of nitrogen functional groups attached to an aromatic ring is 1. The van der Waals surface area contributed by atoms with E-state index in [-0.39, 0.29) is 5.91 Å². The number of anilines is 1. The molecule has 2 aromatic rings. The van der Waals surface area contributed by atoms with Crippen molar-refractivity contribution in [2.45, 2.75) is 20.4 Å². The summed E-state index contributed by atoms with van der Waals surface area (Å²) in [5.74, 6) is -0.0687. The van der Waals surface area contributed by atoms with Crippen molar-refractivity contribution in [2.75, 3.05) is 5.73 Å². The van der Waals surface area contributed by atoms with Gasteiger partial charge in [-0.05, 0) is 48.7 Å². The van der Waals surface area contributed by atoms with Gasteiger partial charge in [0.1, 0.15) is 0 Å². The van der Waals surface area contributed by atoms with Crippen LogP contribution in [0, 0.1) is 13.8 Å². The van der Waals surface area contributed by atoms with Crippen molar-refractivity contribution >= 4 is 11.6 Å². The van der Waals surface area contributed by atoms with E-state index in [2.05, 4.69) is 5.32 Å². The van der Waals surface area contributed by atoms with Crippen LogP contribution < -0.4 is 11.1 Å². The standard InChI is InChI=1S/C16H18N2O/c1-11-5-3-4-6-13(11)10-18-16(19)15-8-7-14(17)9-12(15)2/h3-9H,10,17H2,1-2H3,(H,18,19). The predicted molar refractivity (Wildman–Crippen MR) is 77.9 cm³/mol. The summed E-state index contributed by atoms with van der Waals surface area (Å²) in [5.41, 5.74) is 10.2. The third kappa shape index (κ3) is 3.13. The fourth-order valence-corrected chi connectivity index (χ4v) is 2.02. The number of benzene rings is 2. The molecule has 0 aliphatic rings. The van der Waals surface area contributed by atoms with Gasteiger partial charge in [-0.25, -0.2) is 0 Å². The first-order valence-corrected chi connectivity index (χ1v) is 6.27. The molecule has 2 aromatic carbocycles. The Morgan fingerprint density at radius 3 is 2.53 bits per heavy atom. The molecule has 3 nitrogen and oxygen atoms in total. The highest BCUT2D eigenvalue weighted by Crippen LogP contribution is 2.13. The van der Waals surface area contributed by atoms with E-state index >= 15 is 0 Å². The summed E-state index contributed by atoms with van der Waals surface area (Å²) in [6, 6.07) is 13.3. The number of hydrogen-bond donors (Lipinski definition) is 2. The lowest BCUT2D eigenvalue weighted by atomic mass is 10.1. The third-order valence-electron chi connectivity index (χ3n) is 3.20. The minimum atomic E-state index is -0.0687. The third-order valence-corrected chi connectivity index (χ3v) is 3.20. The van der Waals surface area contributed by atoms with Crippen molar-refractivity contribution < 1.29 is 4.79 Å². The molecule has 2 rings (SSSR count). The molecule has 0 spiro atoms. The average Bonchev–Trinajstić information content (AvgIpc) is 2.37. The van der Waals surface area contributed by atoms with Crippen LogP contribution in [0.3, 0.4) is 0 Å². The monoisotopic (exact) mass is 254 g/mol. The van der Waals surface area contributed by atoms with Gasteiger partial charge in [-0.3, -0.25) is 4.79 Å². The van der Waals surface area contributed by atoms with Crippen molar-refractivity contribution in [1.82, 2.24) is 5.32 Å². The van der Waals surface area contributed by atoms with E-state index in [1.807, 2.05) is 44.2 Å². The molecule has 0 heterocycles. The average molecular weight is 254 g/mol. The molecule has 0 bridgehead atoms. The molecule has 0 fully saturated rings. The summed E-state index contributed by atoms with van der Waals surface area (Å²) >= 11 is 0. The van der Waals surface area contributed by atoms with Gasteiger partial charge in [0.15, 0.2) is 0 Å². The SMILES string of the molecule is Cc1ccccc1CNC(=O)c1ccc(N)cc1C. The number of nitrogens with two attached hydrogens (primary N) is 1. The topological polar surface area (TPSA) is 55.1 Å². The van der Waals surface area contributed by atoms with Gasteiger partial charge in [-0.1, -0.05) is 24.3 Å². The number of carbonyl (C=O) groups excluding carboxylic acids is 1. The first kappa shape index (κ1) is 13.1. The van der Waals surface area contributed by atoms with Crippen LogP contribution in [0.1, 0.15) is 27.0 Å². The summed E-state index contributed by atoms with van der Waals surface area (Å²) in [6.45, 7) is 4.46. The molecule has 0 unspecified atom stereocenters. The molecular formula is C16H18N2O. The second-order valence-corrected chi connectivity index (χ2v) is 4.68. The van der Waals surface area contributed by atoms with Gasteiger partial charge >= 0.3 is 0 Å². The van der Waals surface area contributed by atoms with Crippen LogP contribution in [0.25, 0.3) is 0 Å². The highest BCUT2D eigenvalue weighted by Gasteiger charge is 2.09.